The number of aryl methyl sites for hydroxylation is 1. The predicted molar refractivity (Wildman–Crippen MR) is 62.9 cm³/mol. The fourth-order valence-electron chi connectivity index (χ4n) is 1.36. The van der Waals surface area contributed by atoms with Crippen LogP contribution in [0.15, 0.2) is 24.3 Å². The van der Waals surface area contributed by atoms with Gasteiger partial charge in [0, 0.05) is 10.6 Å². The van der Waals surface area contributed by atoms with Crippen molar-refractivity contribution in [1.29, 1.82) is 0 Å². The summed E-state index contributed by atoms with van der Waals surface area (Å²) in [5.41, 5.74) is 6.42. The van der Waals surface area contributed by atoms with Crippen molar-refractivity contribution in [2.75, 3.05) is 0 Å². The van der Waals surface area contributed by atoms with E-state index in [-0.39, 0.29) is 0 Å². The Bertz CT molecular complexity index is 496. The van der Waals surface area contributed by atoms with Crippen LogP contribution >= 0.6 is 11.6 Å². The first kappa shape index (κ1) is 11.0. The first-order valence-corrected chi connectivity index (χ1v) is 5.24. The fourth-order valence-corrected chi connectivity index (χ4v) is 1.48. The number of halogens is 1. The Morgan fingerprint density at radius 2 is 1.81 bits per heavy atom. The van der Waals surface area contributed by atoms with E-state index in [4.69, 9.17) is 17.3 Å². The lowest BCUT2D eigenvalue weighted by Gasteiger charge is -2.03. The summed E-state index contributed by atoms with van der Waals surface area (Å²) in [6, 6.07) is 7.35. The molecule has 0 atom stereocenters. The third kappa shape index (κ3) is 2.35. The van der Waals surface area contributed by atoms with Crippen molar-refractivity contribution in [1.82, 2.24) is 15.0 Å². The summed E-state index contributed by atoms with van der Waals surface area (Å²) in [5, 5.41) is 0.688. The summed E-state index contributed by atoms with van der Waals surface area (Å²) in [4.78, 5) is 12.6. The largest absolute Gasteiger partial charge is 0.324 e. The highest BCUT2D eigenvalue weighted by atomic mass is 35.5. The van der Waals surface area contributed by atoms with Gasteiger partial charge in [0.25, 0.3) is 0 Å². The summed E-state index contributed by atoms with van der Waals surface area (Å²) >= 11 is 5.82. The number of nitrogens with zero attached hydrogens (tertiary/aromatic N) is 3. The van der Waals surface area contributed by atoms with Crippen molar-refractivity contribution in [3.05, 3.63) is 40.9 Å². The van der Waals surface area contributed by atoms with Crippen LogP contribution in [0.5, 0.6) is 0 Å². The monoisotopic (exact) mass is 234 g/mol. The number of rotatable bonds is 2. The van der Waals surface area contributed by atoms with Crippen molar-refractivity contribution >= 4 is 11.6 Å². The molecule has 0 saturated carbocycles. The molecule has 0 aliphatic carbocycles. The molecule has 0 amide bonds. The molecule has 0 spiro atoms. The Hall–Kier alpha value is -1.52. The van der Waals surface area contributed by atoms with E-state index in [2.05, 4.69) is 15.0 Å². The smallest absolute Gasteiger partial charge is 0.163 e. The number of hydrogen-bond donors (Lipinski definition) is 1. The molecule has 0 aliphatic heterocycles. The lowest BCUT2D eigenvalue weighted by Crippen LogP contribution is -2.07. The van der Waals surface area contributed by atoms with Crippen LogP contribution in [-0.2, 0) is 6.54 Å². The molecule has 16 heavy (non-hydrogen) atoms. The van der Waals surface area contributed by atoms with Crippen molar-refractivity contribution in [2.24, 2.45) is 5.73 Å². The molecule has 1 aromatic heterocycles. The molecule has 2 rings (SSSR count). The molecule has 0 radical (unpaired) electrons. The van der Waals surface area contributed by atoms with E-state index in [1.54, 1.807) is 12.1 Å². The summed E-state index contributed by atoms with van der Waals surface area (Å²) in [6.07, 6.45) is 0. The molecule has 2 N–H and O–H groups in total. The summed E-state index contributed by atoms with van der Waals surface area (Å²) in [5.74, 6) is 1.89. The zero-order valence-corrected chi connectivity index (χ0v) is 9.57. The minimum absolute atomic E-state index is 0.309. The van der Waals surface area contributed by atoms with Crippen LogP contribution in [0.2, 0.25) is 5.02 Å². The lowest BCUT2D eigenvalue weighted by atomic mass is 10.2. The van der Waals surface area contributed by atoms with Gasteiger partial charge in [-0.05, 0) is 31.2 Å². The van der Waals surface area contributed by atoms with Crippen LogP contribution in [0.4, 0.5) is 0 Å². The second kappa shape index (κ2) is 4.55. The minimum atomic E-state index is 0.309. The maximum absolute atomic E-state index is 5.82. The lowest BCUT2D eigenvalue weighted by molar-refractivity contribution is 0.851. The summed E-state index contributed by atoms with van der Waals surface area (Å²) < 4.78 is 0. The summed E-state index contributed by atoms with van der Waals surface area (Å²) in [7, 11) is 0. The van der Waals surface area contributed by atoms with E-state index >= 15 is 0 Å². The van der Waals surface area contributed by atoms with Gasteiger partial charge in [-0.25, -0.2) is 15.0 Å². The van der Waals surface area contributed by atoms with Gasteiger partial charge in [-0.2, -0.15) is 0 Å². The van der Waals surface area contributed by atoms with Gasteiger partial charge in [0.05, 0.1) is 6.54 Å². The van der Waals surface area contributed by atoms with E-state index in [0.29, 0.717) is 29.0 Å². The van der Waals surface area contributed by atoms with E-state index in [0.717, 1.165) is 5.56 Å². The second-order valence-corrected chi connectivity index (χ2v) is 3.77. The number of aromatic nitrogens is 3. The molecular formula is C11H11ClN4. The van der Waals surface area contributed by atoms with Gasteiger partial charge in [-0.1, -0.05) is 11.6 Å². The maximum Gasteiger partial charge on any atom is 0.163 e. The molecule has 0 fully saturated rings. The molecule has 0 saturated heterocycles. The van der Waals surface area contributed by atoms with Crippen LogP contribution in [0.1, 0.15) is 11.6 Å². The highest BCUT2D eigenvalue weighted by Gasteiger charge is 2.04. The molecule has 1 heterocycles. The van der Waals surface area contributed by atoms with Gasteiger partial charge < -0.3 is 5.73 Å². The molecule has 4 nitrogen and oxygen atoms in total. The topological polar surface area (TPSA) is 64.7 Å². The molecule has 1 aromatic carbocycles. The third-order valence-electron chi connectivity index (χ3n) is 2.08. The van der Waals surface area contributed by atoms with Crippen molar-refractivity contribution in [2.45, 2.75) is 13.5 Å². The van der Waals surface area contributed by atoms with Gasteiger partial charge in [0.15, 0.2) is 5.82 Å². The first-order valence-electron chi connectivity index (χ1n) is 4.86. The molecule has 0 aliphatic rings. The molecule has 82 valence electrons. The normalized spacial score (nSPS) is 10.4. The Balaban J connectivity index is 2.47. The first-order chi connectivity index (χ1) is 7.69. The average molecular weight is 235 g/mol. The highest BCUT2D eigenvalue weighted by molar-refractivity contribution is 6.30. The molecular weight excluding hydrogens is 224 g/mol. The van der Waals surface area contributed by atoms with Gasteiger partial charge in [-0.15, -0.1) is 0 Å². The van der Waals surface area contributed by atoms with Crippen LogP contribution in [0, 0.1) is 6.92 Å². The Labute approximate surface area is 98.5 Å². The van der Waals surface area contributed by atoms with E-state index in [1.807, 2.05) is 19.1 Å². The standard InChI is InChI=1S/C11H11ClN4/c1-7-14-10(6-13)16-11(15-7)8-2-4-9(12)5-3-8/h2-5H,6,13H2,1H3. The SMILES string of the molecule is Cc1nc(CN)nc(-c2ccc(Cl)cc2)n1. The maximum atomic E-state index is 5.82. The van der Waals surface area contributed by atoms with E-state index in [1.165, 1.54) is 0 Å². The number of benzene rings is 1. The average Bonchev–Trinajstić information content (AvgIpc) is 2.29. The number of nitrogens with two attached hydrogens (primary N) is 1. The zero-order valence-electron chi connectivity index (χ0n) is 8.81. The van der Waals surface area contributed by atoms with Gasteiger partial charge in [0.1, 0.15) is 11.6 Å². The van der Waals surface area contributed by atoms with Crippen LogP contribution in [0.25, 0.3) is 11.4 Å². The van der Waals surface area contributed by atoms with Crippen molar-refractivity contribution < 1.29 is 0 Å². The zero-order chi connectivity index (χ0) is 11.5. The van der Waals surface area contributed by atoms with E-state index < -0.39 is 0 Å². The third-order valence-corrected chi connectivity index (χ3v) is 2.33. The van der Waals surface area contributed by atoms with Gasteiger partial charge in [0.2, 0.25) is 0 Å². The number of hydrogen-bond acceptors (Lipinski definition) is 4. The molecule has 0 unspecified atom stereocenters. The molecule has 5 heteroatoms. The summed E-state index contributed by atoms with van der Waals surface area (Å²) in [6.45, 7) is 2.13. The van der Waals surface area contributed by atoms with Crippen LogP contribution in [0.3, 0.4) is 0 Å². The van der Waals surface area contributed by atoms with Crippen LogP contribution in [-0.4, -0.2) is 15.0 Å². The van der Waals surface area contributed by atoms with Crippen molar-refractivity contribution in [3.63, 3.8) is 0 Å². The van der Waals surface area contributed by atoms with Gasteiger partial charge >= 0.3 is 0 Å². The minimum Gasteiger partial charge on any atom is -0.324 e. The fraction of sp³-hybridized carbons (Fsp3) is 0.182. The second-order valence-electron chi connectivity index (χ2n) is 3.33. The Morgan fingerprint density at radius 3 is 2.44 bits per heavy atom. The van der Waals surface area contributed by atoms with Gasteiger partial charge in [-0.3, -0.25) is 0 Å². The van der Waals surface area contributed by atoms with Crippen molar-refractivity contribution in [3.8, 4) is 11.4 Å². The molecule has 0 bridgehead atoms. The molecule has 2 aromatic rings. The predicted octanol–water partition coefficient (Wildman–Crippen LogP) is 1.96. The van der Waals surface area contributed by atoms with Crippen LogP contribution < -0.4 is 5.73 Å². The Kier molecular flexibility index (Phi) is 3.12. The quantitative estimate of drug-likeness (QED) is 0.863. The van der Waals surface area contributed by atoms with E-state index in [9.17, 15) is 0 Å². The Morgan fingerprint density at radius 1 is 1.12 bits per heavy atom. The highest BCUT2D eigenvalue weighted by Crippen LogP contribution is 2.17.